The molecule has 4 atom stereocenters. The molecule has 0 amide bonds. The van der Waals surface area contributed by atoms with Gasteiger partial charge < -0.3 is 20.1 Å². The van der Waals surface area contributed by atoms with E-state index in [4.69, 9.17) is 27.3 Å². The van der Waals surface area contributed by atoms with Gasteiger partial charge in [0.2, 0.25) is 4.77 Å². The monoisotopic (exact) mass is 276 g/mol. The zero-order valence-corrected chi connectivity index (χ0v) is 9.86. The van der Waals surface area contributed by atoms with Gasteiger partial charge in [0.15, 0.2) is 12.0 Å². The molecule has 0 spiro atoms. The fourth-order valence-electron chi connectivity index (χ4n) is 1.66. The van der Waals surface area contributed by atoms with Crippen LogP contribution in [0.5, 0.6) is 0 Å². The van der Waals surface area contributed by atoms with Crippen molar-refractivity contribution < 1.29 is 25.3 Å². The van der Waals surface area contributed by atoms with E-state index in [1.807, 2.05) is 0 Å². The molecule has 2 rings (SSSR count). The number of aliphatic hydroxyl groups excluding tert-OH is 3. The van der Waals surface area contributed by atoms with E-state index in [1.165, 1.54) is 6.20 Å². The summed E-state index contributed by atoms with van der Waals surface area (Å²) in [5.74, 6) is 0.0444. The minimum atomic E-state index is -1.28. The van der Waals surface area contributed by atoms with E-state index in [1.54, 1.807) is 5.48 Å². The highest BCUT2D eigenvalue weighted by Gasteiger charge is 2.44. The summed E-state index contributed by atoms with van der Waals surface area (Å²) >= 11 is 4.91. The Morgan fingerprint density at radius 3 is 2.67 bits per heavy atom. The summed E-state index contributed by atoms with van der Waals surface area (Å²) in [6, 6.07) is 0. The molecule has 0 radical (unpaired) electrons. The Kier molecular flexibility index (Phi) is 3.85. The summed E-state index contributed by atoms with van der Waals surface area (Å²) in [4.78, 5) is 3.77. The predicted octanol–water partition coefficient (Wildman–Crippen LogP) is -1.58. The third-order valence-electron chi connectivity index (χ3n) is 2.59. The fourth-order valence-corrected chi connectivity index (χ4v) is 1.91. The van der Waals surface area contributed by atoms with E-state index in [0.29, 0.717) is 0 Å². The number of aromatic nitrogens is 3. The highest BCUT2D eigenvalue weighted by atomic mass is 32.1. The largest absolute Gasteiger partial charge is 0.394 e. The standard InChI is InChI=1S/C8H12N4O5S/c13-2-3-5(14)6(15)7(17-3)12-8(18)10-4(11-16)1-9-12/h1,3,5-7,13-16H,2H2,(H,10,11,18). The second kappa shape index (κ2) is 5.22. The zero-order chi connectivity index (χ0) is 13.3. The molecule has 0 bridgehead atoms. The molecule has 0 aliphatic carbocycles. The molecule has 4 unspecified atom stereocenters. The zero-order valence-electron chi connectivity index (χ0n) is 9.04. The predicted molar refractivity (Wildman–Crippen MR) is 59.3 cm³/mol. The molecule has 1 aromatic heterocycles. The van der Waals surface area contributed by atoms with E-state index >= 15 is 0 Å². The van der Waals surface area contributed by atoms with Crippen molar-refractivity contribution in [2.24, 2.45) is 0 Å². The average molecular weight is 276 g/mol. The number of hydrogen-bond acceptors (Lipinski definition) is 9. The average Bonchev–Trinajstić information content (AvgIpc) is 2.66. The van der Waals surface area contributed by atoms with Crippen LogP contribution in [0.1, 0.15) is 6.23 Å². The quantitative estimate of drug-likeness (QED) is 0.327. The van der Waals surface area contributed by atoms with Gasteiger partial charge in [-0.25, -0.2) is 4.68 Å². The highest BCUT2D eigenvalue weighted by molar-refractivity contribution is 7.71. The summed E-state index contributed by atoms with van der Waals surface area (Å²) in [6.07, 6.45) is -3.30. The van der Waals surface area contributed by atoms with Crippen molar-refractivity contribution in [3.63, 3.8) is 0 Å². The van der Waals surface area contributed by atoms with Gasteiger partial charge in [-0.15, -0.1) is 0 Å². The van der Waals surface area contributed by atoms with E-state index in [-0.39, 0.29) is 10.6 Å². The first-order valence-electron chi connectivity index (χ1n) is 5.07. The van der Waals surface area contributed by atoms with Crippen LogP contribution in [0.4, 0.5) is 5.82 Å². The Balaban J connectivity index is 2.30. The van der Waals surface area contributed by atoms with Crippen LogP contribution < -0.4 is 5.48 Å². The molecule has 9 nitrogen and oxygen atoms in total. The van der Waals surface area contributed by atoms with Crippen LogP contribution in [0, 0.1) is 4.77 Å². The van der Waals surface area contributed by atoms with Crippen molar-refractivity contribution in [3.05, 3.63) is 11.0 Å². The molecule has 0 aromatic carbocycles. The van der Waals surface area contributed by atoms with E-state index in [2.05, 4.69) is 10.1 Å². The lowest BCUT2D eigenvalue weighted by Gasteiger charge is -2.16. The lowest BCUT2D eigenvalue weighted by atomic mass is 10.1. The number of hydrogen-bond donors (Lipinski definition) is 5. The molecular formula is C8H12N4O5S. The van der Waals surface area contributed by atoms with Gasteiger partial charge in [-0.3, -0.25) is 10.7 Å². The molecule has 1 saturated heterocycles. The maximum Gasteiger partial charge on any atom is 0.220 e. The number of nitrogens with zero attached hydrogens (tertiary/aromatic N) is 3. The van der Waals surface area contributed by atoms with Crippen molar-refractivity contribution in [2.45, 2.75) is 24.5 Å². The van der Waals surface area contributed by atoms with Crippen LogP contribution in [0.2, 0.25) is 0 Å². The topological polar surface area (TPSA) is 133 Å². The molecule has 5 N–H and O–H groups in total. The molecular weight excluding hydrogens is 264 g/mol. The molecule has 1 aromatic rings. The molecule has 2 heterocycles. The second-order valence-corrected chi connectivity index (χ2v) is 4.07. The Bertz CT molecular complexity index is 483. The highest BCUT2D eigenvalue weighted by Crippen LogP contribution is 2.28. The maximum atomic E-state index is 9.78. The number of nitrogens with one attached hydrogen (secondary N) is 1. The summed E-state index contributed by atoms with van der Waals surface area (Å²) in [6.45, 7) is -0.439. The van der Waals surface area contributed by atoms with Crippen molar-refractivity contribution in [3.8, 4) is 0 Å². The lowest BCUT2D eigenvalue weighted by molar-refractivity contribution is -0.0606. The van der Waals surface area contributed by atoms with Crippen LogP contribution in [0.3, 0.4) is 0 Å². The number of ether oxygens (including phenoxy) is 1. The fraction of sp³-hybridized carbons (Fsp3) is 0.625. The molecule has 10 heteroatoms. The molecule has 0 saturated carbocycles. The van der Waals surface area contributed by atoms with Gasteiger partial charge in [0.25, 0.3) is 0 Å². The van der Waals surface area contributed by atoms with Crippen molar-refractivity contribution >= 4 is 18.0 Å². The normalized spacial score (nSPS) is 31.6. The van der Waals surface area contributed by atoms with E-state index in [0.717, 1.165) is 4.68 Å². The van der Waals surface area contributed by atoms with E-state index < -0.39 is 31.1 Å². The minimum absolute atomic E-state index is 0.0444. The maximum absolute atomic E-state index is 9.78. The Labute approximate surface area is 106 Å². The van der Waals surface area contributed by atoms with Crippen LogP contribution in [-0.4, -0.2) is 60.2 Å². The smallest absolute Gasteiger partial charge is 0.220 e. The molecule has 1 fully saturated rings. The summed E-state index contributed by atoms with van der Waals surface area (Å²) < 4.78 is 6.27. The van der Waals surface area contributed by atoms with Gasteiger partial charge in [0.1, 0.15) is 18.3 Å². The summed E-state index contributed by atoms with van der Waals surface area (Å²) in [5.41, 5.74) is 1.78. The Morgan fingerprint density at radius 2 is 2.17 bits per heavy atom. The second-order valence-electron chi connectivity index (χ2n) is 3.71. The minimum Gasteiger partial charge on any atom is -0.394 e. The first-order chi connectivity index (χ1) is 8.58. The summed E-state index contributed by atoms with van der Waals surface area (Å²) in [5, 5.41) is 40.8. The lowest BCUT2D eigenvalue weighted by Crippen LogP contribution is -2.33. The first-order valence-corrected chi connectivity index (χ1v) is 5.47. The molecule has 18 heavy (non-hydrogen) atoms. The third kappa shape index (κ3) is 2.21. The van der Waals surface area contributed by atoms with Crippen molar-refractivity contribution in [2.75, 3.05) is 12.1 Å². The molecule has 1 aliphatic rings. The van der Waals surface area contributed by atoms with Gasteiger partial charge in [0.05, 0.1) is 12.8 Å². The van der Waals surface area contributed by atoms with Crippen LogP contribution in [0.25, 0.3) is 0 Å². The van der Waals surface area contributed by atoms with Crippen molar-refractivity contribution in [1.29, 1.82) is 0 Å². The van der Waals surface area contributed by atoms with Crippen LogP contribution >= 0.6 is 12.2 Å². The number of anilines is 1. The Morgan fingerprint density at radius 1 is 1.44 bits per heavy atom. The third-order valence-corrected chi connectivity index (χ3v) is 2.87. The van der Waals surface area contributed by atoms with Crippen LogP contribution in [-0.2, 0) is 4.74 Å². The number of aliphatic hydroxyl groups is 3. The van der Waals surface area contributed by atoms with Gasteiger partial charge >= 0.3 is 0 Å². The van der Waals surface area contributed by atoms with Gasteiger partial charge in [0, 0.05) is 0 Å². The summed E-state index contributed by atoms with van der Waals surface area (Å²) in [7, 11) is 0. The first kappa shape index (κ1) is 13.3. The van der Waals surface area contributed by atoms with Crippen LogP contribution in [0.15, 0.2) is 6.20 Å². The van der Waals surface area contributed by atoms with E-state index in [9.17, 15) is 10.2 Å². The van der Waals surface area contributed by atoms with Gasteiger partial charge in [-0.2, -0.15) is 10.1 Å². The van der Waals surface area contributed by atoms with Gasteiger partial charge in [-0.05, 0) is 12.2 Å². The van der Waals surface area contributed by atoms with Gasteiger partial charge in [-0.1, -0.05) is 0 Å². The molecule has 1 aliphatic heterocycles. The van der Waals surface area contributed by atoms with Crippen molar-refractivity contribution in [1.82, 2.24) is 14.8 Å². The SMILES string of the molecule is OCC1OC(n2ncc(NO)nc2=S)C(O)C1O. The number of rotatable bonds is 3. The Hall–Kier alpha value is -1.17. The molecule has 100 valence electrons.